The lowest BCUT2D eigenvalue weighted by atomic mass is 10.0. The van der Waals surface area contributed by atoms with Gasteiger partial charge in [-0.25, -0.2) is 9.97 Å². The molecule has 1 aromatic carbocycles. The first-order valence-corrected chi connectivity index (χ1v) is 13.2. The first kappa shape index (κ1) is 25.6. The van der Waals surface area contributed by atoms with Crippen molar-refractivity contribution in [1.82, 2.24) is 9.97 Å². The Labute approximate surface area is 192 Å². The van der Waals surface area contributed by atoms with Gasteiger partial charge in [-0.3, -0.25) is 0 Å². The molecular weight excluding hydrogens is 376 g/mol. The molecule has 2 rings (SSSR count). The van der Waals surface area contributed by atoms with Crippen molar-refractivity contribution in [3.05, 3.63) is 47.8 Å². The number of nitrogens with zero attached hydrogens (tertiary/aromatic N) is 2. The molecule has 0 aliphatic carbocycles. The minimum atomic E-state index is 0.847. The Balaban J connectivity index is 1.60. The van der Waals surface area contributed by atoms with Crippen LogP contribution in [0.4, 0.5) is 0 Å². The smallest absolute Gasteiger partial charge is 0.159 e. The lowest BCUT2D eigenvalue weighted by Crippen LogP contribution is -1.94. The van der Waals surface area contributed by atoms with Gasteiger partial charge in [0.15, 0.2) is 5.82 Å². The minimum absolute atomic E-state index is 0.847. The molecule has 0 N–H and O–H groups in total. The first-order chi connectivity index (χ1) is 15.3. The molecule has 0 radical (unpaired) electrons. The zero-order chi connectivity index (χ0) is 22.0. The third-order valence-corrected chi connectivity index (χ3v) is 6.31. The Kier molecular flexibility index (Phi) is 14.0. The van der Waals surface area contributed by atoms with Crippen LogP contribution in [0.25, 0.3) is 11.4 Å². The van der Waals surface area contributed by atoms with Gasteiger partial charge in [0.25, 0.3) is 0 Å². The Bertz CT molecular complexity index is 660. The van der Waals surface area contributed by atoms with Gasteiger partial charge in [0.1, 0.15) is 0 Å². The lowest BCUT2D eigenvalue weighted by Gasteiger charge is -2.06. The van der Waals surface area contributed by atoms with Crippen LogP contribution < -0.4 is 0 Å². The fourth-order valence-electron chi connectivity index (χ4n) is 4.20. The van der Waals surface area contributed by atoms with Crippen molar-refractivity contribution in [2.45, 2.75) is 123 Å². The van der Waals surface area contributed by atoms with Crippen molar-refractivity contribution in [3.8, 4) is 11.4 Å². The largest absolute Gasteiger partial charge is 0.236 e. The molecule has 2 aromatic rings. The Morgan fingerprint density at radius 3 is 1.39 bits per heavy atom. The van der Waals surface area contributed by atoms with Gasteiger partial charge in [0.05, 0.1) is 0 Å². The molecule has 1 heterocycles. The van der Waals surface area contributed by atoms with Crippen LogP contribution in [0.5, 0.6) is 0 Å². The first-order valence-electron chi connectivity index (χ1n) is 13.2. The number of aryl methyl sites for hydroxylation is 2. The van der Waals surface area contributed by atoms with Crippen LogP contribution >= 0.6 is 0 Å². The third kappa shape index (κ3) is 11.5. The molecular formula is C29H46N2. The van der Waals surface area contributed by atoms with E-state index in [1.54, 1.807) is 0 Å². The summed E-state index contributed by atoms with van der Waals surface area (Å²) in [5, 5.41) is 0. The zero-order valence-corrected chi connectivity index (χ0v) is 20.4. The molecule has 2 heteroatoms. The van der Waals surface area contributed by atoms with Crippen molar-refractivity contribution in [2.24, 2.45) is 0 Å². The van der Waals surface area contributed by atoms with E-state index in [0.29, 0.717) is 0 Å². The summed E-state index contributed by atoms with van der Waals surface area (Å²) in [4.78, 5) is 9.22. The summed E-state index contributed by atoms with van der Waals surface area (Å²) in [5.74, 6) is 0.847. The highest BCUT2D eigenvalue weighted by Gasteiger charge is 2.03. The van der Waals surface area contributed by atoms with Crippen LogP contribution in [0.3, 0.4) is 0 Å². The lowest BCUT2D eigenvalue weighted by molar-refractivity contribution is 0.556. The van der Waals surface area contributed by atoms with E-state index in [1.165, 1.54) is 114 Å². The molecule has 0 amide bonds. The molecule has 31 heavy (non-hydrogen) atoms. The molecule has 1 aromatic heterocycles. The van der Waals surface area contributed by atoms with Gasteiger partial charge in [-0.15, -0.1) is 0 Å². The summed E-state index contributed by atoms with van der Waals surface area (Å²) in [7, 11) is 0. The van der Waals surface area contributed by atoms with Gasteiger partial charge < -0.3 is 0 Å². The van der Waals surface area contributed by atoms with E-state index in [0.717, 1.165) is 17.8 Å². The topological polar surface area (TPSA) is 25.8 Å². The molecule has 0 atom stereocenters. The summed E-state index contributed by atoms with van der Waals surface area (Å²) in [6.45, 7) is 4.55. The monoisotopic (exact) mass is 422 g/mol. The molecule has 0 aliphatic rings. The number of aromatic nitrogens is 2. The average molecular weight is 423 g/mol. The van der Waals surface area contributed by atoms with Gasteiger partial charge >= 0.3 is 0 Å². The van der Waals surface area contributed by atoms with Crippen LogP contribution in [0.15, 0.2) is 36.7 Å². The summed E-state index contributed by atoms with van der Waals surface area (Å²) < 4.78 is 0. The maximum atomic E-state index is 4.61. The zero-order valence-electron chi connectivity index (χ0n) is 20.4. The van der Waals surface area contributed by atoms with Crippen LogP contribution in [-0.2, 0) is 12.8 Å². The van der Waals surface area contributed by atoms with E-state index >= 15 is 0 Å². The predicted molar refractivity (Wildman–Crippen MR) is 135 cm³/mol. The van der Waals surface area contributed by atoms with Crippen molar-refractivity contribution >= 4 is 0 Å². The fraction of sp³-hybridized carbons (Fsp3) is 0.655. The number of hydrogen-bond donors (Lipinski definition) is 0. The fourth-order valence-corrected chi connectivity index (χ4v) is 4.20. The van der Waals surface area contributed by atoms with E-state index in [4.69, 9.17) is 0 Å². The number of benzene rings is 1. The van der Waals surface area contributed by atoms with Gasteiger partial charge in [0, 0.05) is 18.0 Å². The van der Waals surface area contributed by atoms with E-state index in [9.17, 15) is 0 Å². The van der Waals surface area contributed by atoms with E-state index in [-0.39, 0.29) is 0 Å². The Morgan fingerprint density at radius 2 is 0.903 bits per heavy atom. The van der Waals surface area contributed by atoms with Crippen molar-refractivity contribution in [3.63, 3.8) is 0 Å². The Hall–Kier alpha value is -1.70. The van der Waals surface area contributed by atoms with Gasteiger partial charge in [0.2, 0.25) is 0 Å². The van der Waals surface area contributed by atoms with Crippen molar-refractivity contribution < 1.29 is 0 Å². The molecule has 0 spiro atoms. The molecule has 0 fully saturated rings. The maximum Gasteiger partial charge on any atom is 0.159 e. The standard InChI is InChI=1S/C29H46N2/c1-3-5-7-9-10-11-12-13-15-16-18-26-20-22-28(23-21-26)29-30-24-27(25-31-29)19-17-14-8-6-4-2/h20-25H,3-19H2,1-2H3. The molecule has 172 valence electrons. The van der Waals surface area contributed by atoms with Gasteiger partial charge in [-0.05, 0) is 36.8 Å². The van der Waals surface area contributed by atoms with E-state index in [2.05, 4.69) is 48.1 Å². The number of hydrogen-bond acceptors (Lipinski definition) is 2. The number of unbranched alkanes of at least 4 members (excludes halogenated alkanes) is 13. The molecule has 0 saturated carbocycles. The highest BCUT2D eigenvalue weighted by atomic mass is 14.9. The van der Waals surface area contributed by atoms with Gasteiger partial charge in [-0.2, -0.15) is 0 Å². The van der Waals surface area contributed by atoms with Gasteiger partial charge in [-0.1, -0.05) is 122 Å². The summed E-state index contributed by atoms with van der Waals surface area (Å²) in [6, 6.07) is 8.89. The quantitative estimate of drug-likeness (QED) is 0.224. The maximum absolute atomic E-state index is 4.61. The van der Waals surface area contributed by atoms with E-state index < -0.39 is 0 Å². The Morgan fingerprint density at radius 1 is 0.484 bits per heavy atom. The normalized spacial score (nSPS) is 11.2. The van der Waals surface area contributed by atoms with Crippen molar-refractivity contribution in [1.29, 1.82) is 0 Å². The second kappa shape index (κ2) is 16.9. The highest BCUT2D eigenvalue weighted by molar-refractivity contribution is 5.55. The summed E-state index contributed by atoms with van der Waals surface area (Å²) >= 11 is 0. The van der Waals surface area contributed by atoms with Crippen LogP contribution in [0.2, 0.25) is 0 Å². The van der Waals surface area contributed by atoms with Crippen LogP contribution in [-0.4, -0.2) is 9.97 Å². The molecule has 0 saturated heterocycles. The van der Waals surface area contributed by atoms with Crippen LogP contribution in [0, 0.1) is 0 Å². The summed E-state index contributed by atoms with van der Waals surface area (Å²) in [6.07, 6.45) is 26.8. The second-order valence-corrected chi connectivity index (χ2v) is 9.21. The molecule has 0 unspecified atom stereocenters. The second-order valence-electron chi connectivity index (χ2n) is 9.21. The molecule has 0 bridgehead atoms. The van der Waals surface area contributed by atoms with E-state index in [1.807, 2.05) is 12.4 Å². The summed E-state index contributed by atoms with van der Waals surface area (Å²) in [5.41, 5.74) is 3.83. The van der Waals surface area contributed by atoms with Crippen molar-refractivity contribution in [2.75, 3.05) is 0 Å². The highest BCUT2D eigenvalue weighted by Crippen LogP contribution is 2.18. The molecule has 0 aliphatic heterocycles. The minimum Gasteiger partial charge on any atom is -0.236 e. The predicted octanol–water partition coefficient (Wildman–Crippen LogP) is 9.12. The SMILES string of the molecule is CCCCCCCCCCCCc1ccc(-c2ncc(CCCCCCC)cn2)cc1. The average Bonchev–Trinajstić information content (AvgIpc) is 2.81. The number of rotatable bonds is 18. The third-order valence-electron chi connectivity index (χ3n) is 6.31. The molecule has 2 nitrogen and oxygen atoms in total. The van der Waals surface area contributed by atoms with Crippen LogP contribution in [0.1, 0.15) is 121 Å².